The van der Waals surface area contributed by atoms with Gasteiger partial charge in [0, 0.05) is 6.20 Å². The van der Waals surface area contributed by atoms with Crippen molar-refractivity contribution in [3.05, 3.63) is 24.4 Å². The molecule has 0 unspecified atom stereocenters. The number of carbonyl (C=O) groups is 1. The molecule has 0 bridgehead atoms. The average molecular weight is 206 g/mol. The smallest absolute Gasteiger partial charge is 0.305 e. The monoisotopic (exact) mass is 206 g/mol. The Labute approximate surface area is 85.6 Å². The molecular formula is C10H10N2O3. The summed E-state index contributed by atoms with van der Waals surface area (Å²) in [4.78, 5) is 10.4. The predicted molar refractivity (Wildman–Crippen MR) is 53.7 cm³/mol. The summed E-state index contributed by atoms with van der Waals surface area (Å²) >= 11 is 0. The Kier molecular flexibility index (Phi) is 2.29. The summed E-state index contributed by atoms with van der Waals surface area (Å²) in [6, 6.07) is 5.05. The molecule has 2 aromatic rings. The number of aromatic nitrogens is 2. The Morgan fingerprint density at radius 2 is 2.27 bits per heavy atom. The summed E-state index contributed by atoms with van der Waals surface area (Å²) < 4.78 is 1.53. The molecule has 0 fully saturated rings. The van der Waals surface area contributed by atoms with Gasteiger partial charge in [0.1, 0.15) is 5.75 Å². The second-order valence-electron chi connectivity index (χ2n) is 3.25. The van der Waals surface area contributed by atoms with E-state index in [1.807, 2.05) is 0 Å². The van der Waals surface area contributed by atoms with Crippen molar-refractivity contribution in [2.75, 3.05) is 0 Å². The van der Waals surface area contributed by atoms with Gasteiger partial charge >= 0.3 is 5.97 Å². The van der Waals surface area contributed by atoms with Crippen molar-refractivity contribution in [1.29, 1.82) is 0 Å². The summed E-state index contributed by atoms with van der Waals surface area (Å²) in [5, 5.41) is 22.8. The first-order valence-electron chi connectivity index (χ1n) is 4.54. The van der Waals surface area contributed by atoms with E-state index in [4.69, 9.17) is 5.11 Å². The standard InChI is InChI=1S/C10H10N2O3/c13-9-3-1-2-8-7(9)6-12(11-8)5-4-10(14)15/h1-3,6,13H,4-5H2,(H,14,15). The highest BCUT2D eigenvalue weighted by atomic mass is 16.4. The van der Waals surface area contributed by atoms with Crippen LogP contribution in [-0.4, -0.2) is 26.0 Å². The van der Waals surface area contributed by atoms with Crippen molar-refractivity contribution >= 4 is 16.9 Å². The third-order valence-electron chi connectivity index (χ3n) is 2.13. The number of nitrogens with zero attached hydrogens (tertiary/aromatic N) is 2. The zero-order valence-electron chi connectivity index (χ0n) is 7.92. The Hall–Kier alpha value is -2.04. The number of aliphatic carboxylic acids is 1. The lowest BCUT2D eigenvalue weighted by Gasteiger charge is -1.95. The molecule has 0 saturated carbocycles. The second kappa shape index (κ2) is 3.61. The molecule has 2 rings (SSSR count). The van der Waals surface area contributed by atoms with Crippen LogP contribution < -0.4 is 0 Å². The summed E-state index contributed by atoms with van der Waals surface area (Å²) in [5.74, 6) is -0.701. The summed E-state index contributed by atoms with van der Waals surface area (Å²) in [7, 11) is 0. The number of carboxylic acids is 1. The molecule has 0 aliphatic rings. The van der Waals surface area contributed by atoms with Crippen molar-refractivity contribution in [3.63, 3.8) is 0 Å². The van der Waals surface area contributed by atoms with Crippen LogP contribution in [0, 0.1) is 0 Å². The van der Waals surface area contributed by atoms with Crippen LogP contribution in [0.4, 0.5) is 0 Å². The van der Waals surface area contributed by atoms with Crippen molar-refractivity contribution in [3.8, 4) is 5.75 Å². The Morgan fingerprint density at radius 3 is 2.93 bits per heavy atom. The Bertz CT molecular complexity index is 504. The minimum absolute atomic E-state index is 0.0226. The number of benzene rings is 1. The van der Waals surface area contributed by atoms with Gasteiger partial charge in [0.05, 0.1) is 23.9 Å². The van der Waals surface area contributed by atoms with E-state index >= 15 is 0 Å². The van der Waals surface area contributed by atoms with Crippen LogP contribution in [0.1, 0.15) is 6.42 Å². The molecule has 0 amide bonds. The van der Waals surface area contributed by atoms with Gasteiger partial charge in [-0.1, -0.05) is 6.07 Å². The number of aryl methyl sites for hydroxylation is 1. The van der Waals surface area contributed by atoms with E-state index < -0.39 is 5.97 Å². The molecule has 1 aromatic heterocycles. The Balaban J connectivity index is 2.31. The molecule has 78 valence electrons. The molecule has 0 spiro atoms. The quantitative estimate of drug-likeness (QED) is 0.791. The van der Waals surface area contributed by atoms with Gasteiger partial charge in [-0.3, -0.25) is 9.48 Å². The van der Waals surface area contributed by atoms with Crippen LogP contribution in [0.5, 0.6) is 5.75 Å². The van der Waals surface area contributed by atoms with E-state index in [-0.39, 0.29) is 12.2 Å². The van der Waals surface area contributed by atoms with Crippen LogP contribution in [0.3, 0.4) is 0 Å². The van der Waals surface area contributed by atoms with Gasteiger partial charge in [-0.25, -0.2) is 0 Å². The number of aromatic hydroxyl groups is 1. The van der Waals surface area contributed by atoms with Crippen LogP contribution in [-0.2, 0) is 11.3 Å². The maximum Gasteiger partial charge on any atom is 0.305 e. The molecular weight excluding hydrogens is 196 g/mol. The van der Waals surface area contributed by atoms with E-state index in [2.05, 4.69) is 5.10 Å². The number of phenols is 1. The lowest BCUT2D eigenvalue weighted by molar-refractivity contribution is -0.137. The van der Waals surface area contributed by atoms with Gasteiger partial charge in [0.25, 0.3) is 0 Å². The average Bonchev–Trinajstić information content (AvgIpc) is 2.59. The molecule has 1 heterocycles. The number of hydrogen-bond donors (Lipinski definition) is 2. The van der Waals surface area contributed by atoms with Gasteiger partial charge in [-0.05, 0) is 12.1 Å². The predicted octanol–water partition coefficient (Wildman–Crippen LogP) is 1.22. The highest BCUT2D eigenvalue weighted by Gasteiger charge is 2.05. The van der Waals surface area contributed by atoms with Crippen LogP contribution in [0.25, 0.3) is 10.9 Å². The number of hydrogen-bond acceptors (Lipinski definition) is 3. The summed E-state index contributed by atoms with van der Waals surface area (Å²) in [6.45, 7) is 0.309. The van der Waals surface area contributed by atoms with Gasteiger partial charge in [0.2, 0.25) is 0 Å². The fourth-order valence-corrected chi connectivity index (χ4v) is 1.40. The number of carboxylic acid groups (broad SMARTS) is 1. The van der Waals surface area contributed by atoms with E-state index in [0.717, 1.165) is 0 Å². The first-order valence-corrected chi connectivity index (χ1v) is 4.54. The van der Waals surface area contributed by atoms with Crippen molar-refractivity contribution in [1.82, 2.24) is 9.78 Å². The zero-order valence-corrected chi connectivity index (χ0v) is 7.92. The minimum Gasteiger partial charge on any atom is -0.507 e. The summed E-state index contributed by atoms with van der Waals surface area (Å²) in [6.07, 6.45) is 1.67. The molecule has 1 aromatic carbocycles. The lowest BCUT2D eigenvalue weighted by atomic mass is 10.2. The highest BCUT2D eigenvalue weighted by molar-refractivity contribution is 5.84. The van der Waals surface area contributed by atoms with Gasteiger partial charge in [-0.15, -0.1) is 0 Å². The maximum absolute atomic E-state index is 10.4. The molecule has 5 heteroatoms. The first kappa shape index (κ1) is 9.51. The van der Waals surface area contributed by atoms with E-state index in [0.29, 0.717) is 17.4 Å². The zero-order chi connectivity index (χ0) is 10.8. The van der Waals surface area contributed by atoms with E-state index in [1.165, 1.54) is 4.68 Å². The largest absolute Gasteiger partial charge is 0.507 e. The van der Waals surface area contributed by atoms with E-state index in [1.54, 1.807) is 24.4 Å². The van der Waals surface area contributed by atoms with Gasteiger partial charge in [0.15, 0.2) is 0 Å². The fourth-order valence-electron chi connectivity index (χ4n) is 1.40. The molecule has 0 aliphatic carbocycles. The van der Waals surface area contributed by atoms with Crippen molar-refractivity contribution in [2.24, 2.45) is 0 Å². The van der Waals surface area contributed by atoms with Crippen LogP contribution >= 0.6 is 0 Å². The first-order chi connectivity index (χ1) is 7.16. The molecule has 2 N–H and O–H groups in total. The van der Waals surface area contributed by atoms with Gasteiger partial charge < -0.3 is 10.2 Å². The minimum atomic E-state index is -0.862. The van der Waals surface area contributed by atoms with Gasteiger partial charge in [-0.2, -0.15) is 5.10 Å². The molecule has 5 nitrogen and oxygen atoms in total. The third-order valence-corrected chi connectivity index (χ3v) is 2.13. The molecule has 0 radical (unpaired) electrons. The second-order valence-corrected chi connectivity index (χ2v) is 3.25. The van der Waals surface area contributed by atoms with Crippen LogP contribution in [0.15, 0.2) is 24.4 Å². The molecule has 0 aliphatic heterocycles. The van der Waals surface area contributed by atoms with Crippen molar-refractivity contribution in [2.45, 2.75) is 13.0 Å². The SMILES string of the molecule is O=C(O)CCn1cc2c(O)cccc2n1. The number of rotatable bonds is 3. The lowest BCUT2D eigenvalue weighted by Crippen LogP contribution is -2.04. The van der Waals surface area contributed by atoms with E-state index in [9.17, 15) is 9.90 Å². The third kappa shape index (κ3) is 1.90. The maximum atomic E-state index is 10.4. The van der Waals surface area contributed by atoms with Crippen molar-refractivity contribution < 1.29 is 15.0 Å². The molecule has 0 saturated heterocycles. The van der Waals surface area contributed by atoms with Crippen LogP contribution in [0.2, 0.25) is 0 Å². The fraction of sp³-hybridized carbons (Fsp3) is 0.200. The molecule has 15 heavy (non-hydrogen) atoms. The Morgan fingerprint density at radius 1 is 1.47 bits per heavy atom. The number of fused-ring (bicyclic) bond motifs is 1. The topological polar surface area (TPSA) is 75.3 Å². The highest BCUT2D eigenvalue weighted by Crippen LogP contribution is 2.22. The molecule has 0 atom stereocenters. The normalized spacial score (nSPS) is 10.7. The number of phenolic OH excluding ortho intramolecular Hbond substituents is 1. The summed E-state index contributed by atoms with van der Waals surface area (Å²) in [5.41, 5.74) is 0.667.